The summed E-state index contributed by atoms with van der Waals surface area (Å²) in [5.41, 5.74) is 0. The van der Waals surface area contributed by atoms with Gasteiger partial charge in [0.15, 0.2) is 0 Å². The highest BCUT2D eigenvalue weighted by atomic mass is 79.9. The van der Waals surface area contributed by atoms with Crippen LogP contribution in [0.3, 0.4) is 0 Å². The first kappa shape index (κ1) is 16.1. The van der Waals surface area contributed by atoms with Gasteiger partial charge in [0.05, 0.1) is 15.2 Å². The normalized spacial score (nSPS) is 10.3. The molecule has 0 aromatic carbocycles. The third kappa shape index (κ3) is 5.71. The highest BCUT2D eigenvalue weighted by Gasteiger charge is 2.16. The summed E-state index contributed by atoms with van der Waals surface area (Å²) in [6.07, 6.45) is 0. The Morgan fingerprint density at radius 2 is 2.11 bits per heavy atom. The average Bonchev–Trinajstić information content (AvgIpc) is 2.80. The van der Waals surface area contributed by atoms with E-state index in [0.717, 1.165) is 16.9 Å². The Kier molecular flexibility index (Phi) is 7.04. The lowest BCUT2D eigenvalue weighted by Crippen LogP contribution is -2.40. The van der Waals surface area contributed by atoms with E-state index in [1.165, 1.54) is 16.2 Å². The number of carbonyl (C=O) groups excluding carboxylic acids is 2. The van der Waals surface area contributed by atoms with Crippen LogP contribution >= 0.6 is 27.3 Å². The first-order chi connectivity index (χ1) is 9.04. The van der Waals surface area contributed by atoms with E-state index >= 15 is 0 Å². The Labute approximate surface area is 125 Å². The number of likely N-dealkylation sites (N-methyl/N-ethyl adjacent to an activating group) is 2. The van der Waals surface area contributed by atoms with Crippen molar-refractivity contribution in [3.63, 3.8) is 0 Å². The Hall–Kier alpha value is -0.920. The van der Waals surface area contributed by atoms with Crippen molar-refractivity contribution in [3.05, 3.63) is 20.8 Å². The Morgan fingerprint density at radius 1 is 1.37 bits per heavy atom. The molecule has 0 bridgehead atoms. The fourth-order valence-electron chi connectivity index (χ4n) is 1.43. The maximum atomic E-state index is 12.0. The summed E-state index contributed by atoms with van der Waals surface area (Å²) in [6.45, 7) is 4.26. The molecule has 0 aliphatic heterocycles. The third-order valence-corrected chi connectivity index (χ3v) is 4.00. The van der Waals surface area contributed by atoms with E-state index < -0.39 is 0 Å². The molecule has 0 saturated heterocycles. The predicted octanol–water partition coefficient (Wildman–Crippen LogP) is 1.31. The molecule has 7 heteroatoms. The fraction of sp³-hybridized carbons (Fsp3) is 0.500. The molecule has 2 N–H and O–H groups in total. The van der Waals surface area contributed by atoms with Crippen LogP contribution in [0.25, 0.3) is 0 Å². The Bertz CT molecular complexity index is 436. The molecule has 0 fully saturated rings. The fourth-order valence-corrected chi connectivity index (χ4v) is 2.81. The average molecular weight is 348 g/mol. The van der Waals surface area contributed by atoms with Crippen molar-refractivity contribution in [2.24, 2.45) is 0 Å². The predicted molar refractivity (Wildman–Crippen MR) is 80.5 cm³/mol. The topological polar surface area (TPSA) is 61.4 Å². The molecule has 0 unspecified atom stereocenters. The van der Waals surface area contributed by atoms with Crippen LogP contribution in [0.5, 0.6) is 0 Å². The van der Waals surface area contributed by atoms with Crippen LogP contribution in [0.4, 0.5) is 0 Å². The first-order valence-electron chi connectivity index (χ1n) is 6.02. The monoisotopic (exact) mass is 347 g/mol. The van der Waals surface area contributed by atoms with Gasteiger partial charge in [-0.1, -0.05) is 6.92 Å². The minimum Gasteiger partial charge on any atom is -0.353 e. The molecule has 0 saturated carbocycles. The van der Waals surface area contributed by atoms with Crippen molar-refractivity contribution < 1.29 is 9.59 Å². The summed E-state index contributed by atoms with van der Waals surface area (Å²) in [5.74, 6) is -0.290. The minimum absolute atomic E-state index is 0.0699. The Balaban J connectivity index is 2.35. The zero-order valence-corrected chi connectivity index (χ0v) is 13.4. The summed E-state index contributed by atoms with van der Waals surface area (Å²) in [7, 11) is 1.62. The lowest BCUT2D eigenvalue weighted by Gasteiger charge is -2.15. The number of hydrogen-bond donors (Lipinski definition) is 2. The van der Waals surface area contributed by atoms with Gasteiger partial charge in [0.2, 0.25) is 5.91 Å². The SMILES string of the molecule is CCNCCNC(=O)CN(C)C(=O)c1ccc(Br)s1. The highest BCUT2D eigenvalue weighted by Crippen LogP contribution is 2.22. The van der Waals surface area contributed by atoms with Gasteiger partial charge in [0.1, 0.15) is 0 Å². The zero-order valence-electron chi connectivity index (χ0n) is 11.0. The molecule has 2 amide bonds. The van der Waals surface area contributed by atoms with E-state index in [1.54, 1.807) is 13.1 Å². The minimum atomic E-state index is -0.149. The van der Waals surface area contributed by atoms with Crippen LogP contribution in [0.15, 0.2) is 15.9 Å². The quantitative estimate of drug-likeness (QED) is 0.731. The second kappa shape index (κ2) is 8.29. The number of thiophene rings is 1. The van der Waals surface area contributed by atoms with Crippen molar-refractivity contribution in [2.45, 2.75) is 6.92 Å². The molecule has 0 radical (unpaired) electrons. The second-order valence-electron chi connectivity index (χ2n) is 3.97. The Morgan fingerprint density at radius 3 is 2.68 bits per heavy atom. The van der Waals surface area contributed by atoms with Gasteiger partial charge in [-0.3, -0.25) is 9.59 Å². The number of halogens is 1. The van der Waals surface area contributed by atoms with Crippen LogP contribution in [0.2, 0.25) is 0 Å². The zero-order chi connectivity index (χ0) is 14.3. The lowest BCUT2D eigenvalue weighted by molar-refractivity contribution is -0.121. The van der Waals surface area contributed by atoms with Crippen molar-refractivity contribution in [2.75, 3.05) is 33.2 Å². The molecule has 5 nitrogen and oxygen atoms in total. The van der Waals surface area contributed by atoms with Gasteiger partial charge < -0.3 is 15.5 Å². The number of carbonyl (C=O) groups is 2. The number of nitrogens with one attached hydrogen (secondary N) is 2. The van der Waals surface area contributed by atoms with Crippen LogP contribution in [0, 0.1) is 0 Å². The molecule has 1 aromatic heterocycles. The summed E-state index contributed by atoms with van der Waals surface area (Å²) in [4.78, 5) is 25.6. The van der Waals surface area contributed by atoms with E-state index in [4.69, 9.17) is 0 Å². The molecule has 0 aliphatic rings. The molecule has 0 atom stereocenters. The number of nitrogens with zero attached hydrogens (tertiary/aromatic N) is 1. The maximum Gasteiger partial charge on any atom is 0.264 e. The molecular weight excluding hydrogens is 330 g/mol. The summed E-state index contributed by atoms with van der Waals surface area (Å²) in [5, 5.41) is 5.87. The van der Waals surface area contributed by atoms with Gasteiger partial charge in [-0.25, -0.2) is 0 Å². The van der Waals surface area contributed by atoms with Crippen LogP contribution in [0.1, 0.15) is 16.6 Å². The molecule has 1 rings (SSSR count). The summed E-state index contributed by atoms with van der Waals surface area (Å²) in [6, 6.07) is 3.57. The molecule has 0 aliphatic carbocycles. The van der Waals surface area contributed by atoms with Crippen molar-refractivity contribution >= 4 is 39.1 Å². The molecule has 106 valence electrons. The van der Waals surface area contributed by atoms with Gasteiger partial charge in [-0.2, -0.15) is 0 Å². The second-order valence-corrected chi connectivity index (χ2v) is 6.43. The molecule has 1 heterocycles. The van der Waals surface area contributed by atoms with E-state index in [0.29, 0.717) is 11.4 Å². The first-order valence-corrected chi connectivity index (χ1v) is 7.63. The van der Waals surface area contributed by atoms with E-state index in [2.05, 4.69) is 26.6 Å². The van der Waals surface area contributed by atoms with E-state index in [1.807, 2.05) is 13.0 Å². The van der Waals surface area contributed by atoms with Gasteiger partial charge in [-0.05, 0) is 34.6 Å². The van der Waals surface area contributed by atoms with Gasteiger partial charge in [0, 0.05) is 20.1 Å². The maximum absolute atomic E-state index is 12.0. The van der Waals surface area contributed by atoms with Crippen LogP contribution < -0.4 is 10.6 Å². The van der Waals surface area contributed by atoms with E-state index in [-0.39, 0.29) is 18.4 Å². The summed E-state index contributed by atoms with van der Waals surface area (Å²) < 4.78 is 0.902. The largest absolute Gasteiger partial charge is 0.353 e. The number of hydrogen-bond acceptors (Lipinski definition) is 4. The van der Waals surface area contributed by atoms with Crippen molar-refractivity contribution in [1.29, 1.82) is 0 Å². The highest BCUT2D eigenvalue weighted by molar-refractivity contribution is 9.11. The molecule has 19 heavy (non-hydrogen) atoms. The molecular formula is C12H18BrN3O2S. The van der Waals surface area contributed by atoms with Crippen molar-refractivity contribution in [3.8, 4) is 0 Å². The van der Waals surface area contributed by atoms with Gasteiger partial charge >= 0.3 is 0 Å². The number of rotatable bonds is 7. The smallest absolute Gasteiger partial charge is 0.264 e. The number of amides is 2. The van der Waals surface area contributed by atoms with Crippen LogP contribution in [-0.4, -0.2) is 49.9 Å². The molecule has 1 aromatic rings. The molecule has 0 spiro atoms. The third-order valence-electron chi connectivity index (χ3n) is 2.39. The van der Waals surface area contributed by atoms with Crippen molar-refractivity contribution in [1.82, 2.24) is 15.5 Å². The van der Waals surface area contributed by atoms with E-state index in [9.17, 15) is 9.59 Å². The van der Waals surface area contributed by atoms with Gasteiger partial charge in [0.25, 0.3) is 5.91 Å². The van der Waals surface area contributed by atoms with Crippen LogP contribution in [-0.2, 0) is 4.79 Å². The van der Waals surface area contributed by atoms with Gasteiger partial charge in [-0.15, -0.1) is 11.3 Å². The standard InChI is InChI=1S/C12H18BrN3O2S/c1-3-14-6-7-15-11(17)8-16(2)12(18)9-4-5-10(13)19-9/h4-5,14H,3,6-8H2,1-2H3,(H,15,17). The summed E-state index contributed by atoms with van der Waals surface area (Å²) >= 11 is 4.67. The lowest BCUT2D eigenvalue weighted by atomic mass is 10.4.